The van der Waals surface area contributed by atoms with E-state index in [4.69, 9.17) is 4.52 Å². The highest BCUT2D eigenvalue weighted by Gasteiger charge is 2.15. The summed E-state index contributed by atoms with van der Waals surface area (Å²) < 4.78 is 5.24. The lowest BCUT2D eigenvalue weighted by Gasteiger charge is -1.98. The van der Waals surface area contributed by atoms with E-state index in [1.807, 2.05) is 18.2 Å². The maximum Gasteiger partial charge on any atom is 0.240 e. The van der Waals surface area contributed by atoms with Crippen LogP contribution < -0.4 is 0 Å². The molecule has 96 valence electrons. The summed E-state index contributed by atoms with van der Waals surface area (Å²) in [5.74, 6) is 1.16. The van der Waals surface area contributed by atoms with E-state index in [0.717, 1.165) is 23.0 Å². The van der Waals surface area contributed by atoms with Gasteiger partial charge in [0.15, 0.2) is 0 Å². The third-order valence-corrected chi connectivity index (χ3v) is 3.83. The smallest absolute Gasteiger partial charge is 0.240 e. The number of fused-ring (bicyclic) bond motifs is 1. The molecule has 2 aromatic heterocycles. The van der Waals surface area contributed by atoms with Gasteiger partial charge in [-0.15, -0.1) is 0 Å². The van der Waals surface area contributed by atoms with E-state index < -0.39 is 0 Å². The fraction of sp³-hybridized carbons (Fsp3) is 0.231. The summed E-state index contributed by atoms with van der Waals surface area (Å²) in [6.45, 7) is 2.05. The molecule has 1 atom stereocenters. The fourth-order valence-electron chi connectivity index (χ4n) is 1.76. The molecule has 3 aromatic rings. The summed E-state index contributed by atoms with van der Waals surface area (Å²) in [5.41, 5.74) is 2.54. The predicted octanol–water partition coefficient (Wildman–Crippen LogP) is 3.53. The third-order valence-electron chi connectivity index (χ3n) is 2.80. The first kappa shape index (κ1) is 12.2. The van der Waals surface area contributed by atoms with E-state index in [2.05, 4.69) is 43.0 Å². The summed E-state index contributed by atoms with van der Waals surface area (Å²) >= 11 is 3.49. The van der Waals surface area contributed by atoms with Gasteiger partial charge in [-0.3, -0.25) is 9.97 Å². The van der Waals surface area contributed by atoms with Crippen LogP contribution in [0.5, 0.6) is 0 Å². The molecule has 0 saturated carbocycles. The molecule has 0 saturated heterocycles. The Kier molecular flexibility index (Phi) is 3.25. The summed E-state index contributed by atoms with van der Waals surface area (Å²) in [6.07, 6.45) is 4.23. The molecular weight excluding hydrogens is 308 g/mol. The van der Waals surface area contributed by atoms with Crippen molar-refractivity contribution >= 4 is 27.0 Å². The number of nitrogens with zero attached hydrogens (tertiary/aromatic N) is 4. The van der Waals surface area contributed by atoms with Crippen LogP contribution in [0.3, 0.4) is 0 Å². The summed E-state index contributed by atoms with van der Waals surface area (Å²) in [5, 5.41) is 4.00. The molecule has 0 aliphatic rings. The molecule has 0 spiro atoms. The summed E-state index contributed by atoms with van der Waals surface area (Å²) in [4.78, 5) is 13.0. The third kappa shape index (κ3) is 2.35. The lowest BCUT2D eigenvalue weighted by Crippen LogP contribution is -1.88. The second-order valence-corrected chi connectivity index (χ2v) is 5.20. The molecular formula is C13H11BrN4O. The van der Waals surface area contributed by atoms with Crippen LogP contribution in [0, 0.1) is 0 Å². The summed E-state index contributed by atoms with van der Waals surface area (Å²) in [7, 11) is 0. The Labute approximate surface area is 118 Å². The van der Waals surface area contributed by atoms with Crippen molar-refractivity contribution in [2.75, 3.05) is 0 Å². The second kappa shape index (κ2) is 5.05. The summed E-state index contributed by atoms with van der Waals surface area (Å²) in [6, 6.07) is 5.73. The molecule has 19 heavy (non-hydrogen) atoms. The van der Waals surface area contributed by atoms with Gasteiger partial charge in [0.05, 0.1) is 15.9 Å². The van der Waals surface area contributed by atoms with E-state index >= 15 is 0 Å². The maximum atomic E-state index is 5.24. The Bertz CT molecular complexity index is 712. The average Bonchev–Trinajstić information content (AvgIpc) is 2.95. The monoisotopic (exact) mass is 318 g/mol. The van der Waals surface area contributed by atoms with Gasteiger partial charge in [0.25, 0.3) is 0 Å². The van der Waals surface area contributed by atoms with Crippen molar-refractivity contribution in [2.45, 2.75) is 18.2 Å². The van der Waals surface area contributed by atoms with Gasteiger partial charge in [-0.05, 0) is 24.6 Å². The van der Waals surface area contributed by atoms with E-state index in [1.165, 1.54) is 0 Å². The van der Waals surface area contributed by atoms with Crippen LogP contribution in [-0.2, 0) is 0 Å². The van der Waals surface area contributed by atoms with Gasteiger partial charge in [0.2, 0.25) is 11.7 Å². The molecule has 0 fully saturated rings. The molecule has 6 heteroatoms. The van der Waals surface area contributed by atoms with Crippen molar-refractivity contribution in [1.29, 1.82) is 0 Å². The highest BCUT2D eigenvalue weighted by atomic mass is 79.9. The molecule has 0 aliphatic heterocycles. The number of aromatic nitrogens is 4. The van der Waals surface area contributed by atoms with Crippen LogP contribution in [0.4, 0.5) is 0 Å². The van der Waals surface area contributed by atoms with Crippen LogP contribution in [0.25, 0.3) is 22.4 Å². The van der Waals surface area contributed by atoms with Gasteiger partial charge in [0, 0.05) is 18.0 Å². The zero-order valence-corrected chi connectivity index (χ0v) is 11.8. The van der Waals surface area contributed by atoms with Gasteiger partial charge in [-0.25, -0.2) is 0 Å². The van der Waals surface area contributed by atoms with Crippen molar-refractivity contribution in [3.63, 3.8) is 0 Å². The number of benzene rings is 1. The van der Waals surface area contributed by atoms with E-state index in [9.17, 15) is 0 Å². The topological polar surface area (TPSA) is 64.7 Å². The Balaban J connectivity index is 2.01. The lowest BCUT2D eigenvalue weighted by molar-refractivity contribution is 0.377. The second-order valence-electron chi connectivity index (χ2n) is 4.09. The van der Waals surface area contributed by atoms with Crippen LogP contribution >= 0.6 is 15.9 Å². The maximum absolute atomic E-state index is 5.24. The minimum absolute atomic E-state index is 0.0917. The number of hydrogen-bond acceptors (Lipinski definition) is 5. The van der Waals surface area contributed by atoms with Crippen molar-refractivity contribution < 1.29 is 4.52 Å². The van der Waals surface area contributed by atoms with E-state index in [1.54, 1.807) is 12.4 Å². The Hall–Kier alpha value is -1.82. The minimum atomic E-state index is 0.0917. The number of hydrogen-bond donors (Lipinski definition) is 0. The molecule has 1 aromatic carbocycles. The largest absolute Gasteiger partial charge is 0.338 e. The van der Waals surface area contributed by atoms with E-state index in [0.29, 0.717) is 11.7 Å². The van der Waals surface area contributed by atoms with Crippen molar-refractivity contribution in [1.82, 2.24) is 20.1 Å². The van der Waals surface area contributed by atoms with Gasteiger partial charge >= 0.3 is 0 Å². The van der Waals surface area contributed by atoms with Gasteiger partial charge in [-0.1, -0.05) is 28.0 Å². The predicted molar refractivity (Wildman–Crippen MR) is 74.8 cm³/mol. The molecule has 0 bridgehead atoms. The highest BCUT2D eigenvalue weighted by molar-refractivity contribution is 9.09. The molecule has 3 rings (SSSR count). The Morgan fingerprint density at radius 2 is 2.00 bits per heavy atom. The van der Waals surface area contributed by atoms with E-state index in [-0.39, 0.29) is 4.83 Å². The minimum Gasteiger partial charge on any atom is -0.338 e. The molecule has 0 N–H and O–H groups in total. The first-order valence-electron chi connectivity index (χ1n) is 5.96. The van der Waals surface area contributed by atoms with Crippen LogP contribution in [0.15, 0.2) is 35.1 Å². The van der Waals surface area contributed by atoms with Gasteiger partial charge < -0.3 is 4.52 Å². The number of alkyl halides is 1. The van der Waals surface area contributed by atoms with Crippen LogP contribution in [0.2, 0.25) is 0 Å². The van der Waals surface area contributed by atoms with Crippen LogP contribution in [0.1, 0.15) is 24.1 Å². The molecule has 2 heterocycles. The average molecular weight is 319 g/mol. The molecule has 0 aliphatic carbocycles. The molecule has 0 amide bonds. The van der Waals surface area contributed by atoms with Crippen molar-refractivity contribution in [3.8, 4) is 11.4 Å². The number of rotatable bonds is 3. The van der Waals surface area contributed by atoms with Gasteiger partial charge in [-0.2, -0.15) is 4.98 Å². The highest BCUT2D eigenvalue weighted by Crippen LogP contribution is 2.27. The fourth-order valence-corrected chi connectivity index (χ4v) is 1.94. The molecule has 1 unspecified atom stereocenters. The van der Waals surface area contributed by atoms with Crippen molar-refractivity contribution in [2.24, 2.45) is 0 Å². The SMILES string of the molecule is CCC(Br)c1nc(-c2ccc3nccnc3c2)no1. The Morgan fingerprint density at radius 1 is 1.21 bits per heavy atom. The number of halogens is 1. The van der Waals surface area contributed by atoms with Crippen LogP contribution in [-0.4, -0.2) is 20.1 Å². The first-order valence-corrected chi connectivity index (χ1v) is 6.88. The van der Waals surface area contributed by atoms with Crippen molar-refractivity contribution in [3.05, 3.63) is 36.5 Å². The molecule has 5 nitrogen and oxygen atoms in total. The Morgan fingerprint density at radius 3 is 2.79 bits per heavy atom. The molecule has 0 radical (unpaired) electrons. The standard InChI is InChI=1S/C13H11BrN4O/c1-2-9(14)13-17-12(18-19-13)8-3-4-10-11(7-8)16-6-5-15-10/h3-7,9H,2H2,1H3. The van der Waals surface area contributed by atoms with Gasteiger partial charge in [0.1, 0.15) is 0 Å². The first-order chi connectivity index (χ1) is 9.28. The normalized spacial score (nSPS) is 12.7. The zero-order chi connectivity index (χ0) is 13.2. The quantitative estimate of drug-likeness (QED) is 0.691. The zero-order valence-electron chi connectivity index (χ0n) is 10.2. The lowest BCUT2D eigenvalue weighted by atomic mass is 10.2.